The van der Waals surface area contributed by atoms with E-state index in [1.54, 1.807) is 0 Å². The molecule has 0 atom stereocenters. The number of carbonyl (C=O) groups is 1. The van der Waals surface area contributed by atoms with Gasteiger partial charge in [0, 0.05) is 5.97 Å². The van der Waals surface area contributed by atoms with Crippen molar-refractivity contribution in [2.45, 2.75) is 47.5 Å². The average Bonchev–Trinajstić information content (AvgIpc) is 1.48. The molecule has 0 radical (unpaired) electrons. The molecule has 0 aliphatic rings. The Bertz CT molecular complexity index is 168. The van der Waals surface area contributed by atoms with Crippen LogP contribution in [0.2, 0.25) is 0 Å². The van der Waals surface area contributed by atoms with Crippen molar-refractivity contribution < 1.29 is 28.8 Å². The second kappa shape index (κ2) is 5.07. The fourth-order valence-corrected chi connectivity index (χ4v) is 1.89. The molecule has 0 aromatic heterocycles. The Hall–Kier alpha value is 0.0674. The normalized spacial score (nSPS) is 12.1. The van der Waals surface area contributed by atoms with Crippen molar-refractivity contribution in [3.63, 3.8) is 0 Å². The Morgan fingerprint density at radius 3 is 1.77 bits per heavy atom. The van der Waals surface area contributed by atoms with E-state index < -0.39 is 5.97 Å². The third kappa shape index (κ3) is 9.99. The molecule has 3 heteroatoms. The van der Waals surface area contributed by atoms with Crippen molar-refractivity contribution >= 4 is 5.97 Å². The number of hydrogen-bond acceptors (Lipinski definition) is 2. The Balaban J connectivity index is 0. The Kier molecular flexibility index (Phi) is 6.06. The van der Waals surface area contributed by atoms with Gasteiger partial charge in [-0.2, -0.15) is 0 Å². The van der Waals surface area contributed by atoms with Crippen molar-refractivity contribution in [1.82, 2.24) is 0 Å². The molecule has 0 aromatic rings. The summed E-state index contributed by atoms with van der Waals surface area (Å²) >= 11 is 0. The van der Waals surface area contributed by atoms with Crippen LogP contribution in [0.3, 0.4) is 0 Å². The van der Waals surface area contributed by atoms with Crippen molar-refractivity contribution in [3.05, 3.63) is 0 Å². The molecule has 0 amide bonds. The van der Waals surface area contributed by atoms with Gasteiger partial charge in [0.25, 0.3) is 0 Å². The molecular weight excluding hydrogens is 159 g/mol. The third-order valence-electron chi connectivity index (χ3n) is 1.63. The summed E-state index contributed by atoms with van der Waals surface area (Å²) in [7, 11) is 0. The van der Waals surface area contributed by atoms with Gasteiger partial charge < -0.3 is 9.90 Å². The van der Waals surface area contributed by atoms with Crippen molar-refractivity contribution in [2.24, 2.45) is 10.8 Å². The van der Waals surface area contributed by atoms with Gasteiger partial charge in [0.15, 0.2) is 0 Å². The minimum Gasteiger partial charge on any atom is -0.550 e. The summed E-state index contributed by atoms with van der Waals surface area (Å²) < 4.78 is 0. The van der Waals surface area contributed by atoms with Gasteiger partial charge in [-0.15, -0.1) is 0 Å². The first-order valence-electron chi connectivity index (χ1n) is 4.32. The summed E-state index contributed by atoms with van der Waals surface area (Å²) in [4.78, 5) is 10.4. The second-order valence-electron chi connectivity index (χ2n) is 5.45. The molecule has 72 valence electrons. The van der Waals surface area contributed by atoms with Crippen LogP contribution in [-0.4, -0.2) is 5.97 Å². The van der Waals surface area contributed by atoms with E-state index in [9.17, 15) is 9.90 Å². The Morgan fingerprint density at radius 1 is 1.15 bits per heavy atom. The van der Waals surface area contributed by atoms with Gasteiger partial charge in [-0.3, -0.25) is 0 Å². The smallest absolute Gasteiger partial charge is 0.550 e. The first-order chi connectivity index (χ1) is 5.12. The van der Waals surface area contributed by atoms with E-state index in [4.69, 9.17) is 0 Å². The molecule has 0 aliphatic carbocycles. The molecular formula is C10H19LiO2. The molecule has 0 rings (SSSR count). The number of aliphatic carboxylic acids is 1. The first-order valence-corrected chi connectivity index (χ1v) is 4.32. The van der Waals surface area contributed by atoms with Crippen LogP contribution in [0.1, 0.15) is 47.5 Å². The van der Waals surface area contributed by atoms with E-state index in [1.165, 1.54) is 0 Å². The van der Waals surface area contributed by atoms with Gasteiger partial charge in [-0.1, -0.05) is 34.6 Å². The van der Waals surface area contributed by atoms with Crippen LogP contribution in [0.25, 0.3) is 0 Å². The SMILES string of the molecule is CC(C)(C)CC(C)(C)CC(=O)[O-].[Li+]. The van der Waals surface area contributed by atoms with Crippen LogP contribution in [0.4, 0.5) is 0 Å². The van der Waals surface area contributed by atoms with Gasteiger partial charge >= 0.3 is 18.9 Å². The molecule has 0 fully saturated rings. The molecule has 0 aromatic carbocycles. The topological polar surface area (TPSA) is 40.1 Å². The number of carbonyl (C=O) groups excluding carboxylic acids is 1. The molecule has 13 heavy (non-hydrogen) atoms. The van der Waals surface area contributed by atoms with E-state index in [0.717, 1.165) is 6.42 Å². The van der Waals surface area contributed by atoms with Gasteiger partial charge in [-0.05, 0) is 23.7 Å². The number of hydrogen-bond donors (Lipinski definition) is 0. The third-order valence-corrected chi connectivity index (χ3v) is 1.63. The van der Waals surface area contributed by atoms with E-state index in [0.29, 0.717) is 0 Å². The number of rotatable bonds is 3. The van der Waals surface area contributed by atoms with Crippen LogP contribution in [0.5, 0.6) is 0 Å². The largest absolute Gasteiger partial charge is 1.00 e. The fraction of sp³-hybridized carbons (Fsp3) is 0.900. The molecule has 0 aliphatic heterocycles. The van der Waals surface area contributed by atoms with E-state index in [1.807, 2.05) is 13.8 Å². The van der Waals surface area contributed by atoms with Gasteiger partial charge in [-0.25, -0.2) is 0 Å². The summed E-state index contributed by atoms with van der Waals surface area (Å²) in [5.74, 6) is -0.954. The molecule has 0 heterocycles. The van der Waals surface area contributed by atoms with E-state index in [2.05, 4.69) is 20.8 Å². The molecule has 2 nitrogen and oxygen atoms in total. The number of carboxylic acid groups (broad SMARTS) is 1. The van der Waals surface area contributed by atoms with Gasteiger partial charge in [0.05, 0.1) is 0 Å². The van der Waals surface area contributed by atoms with Crippen molar-refractivity contribution in [1.29, 1.82) is 0 Å². The zero-order chi connectivity index (χ0) is 9.99. The minimum absolute atomic E-state index is 0. The van der Waals surface area contributed by atoms with E-state index >= 15 is 0 Å². The summed E-state index contributed by atoms with van der Waals surface area (Å²) in [5.41, 5.74) is 0.0238. The zero-order valence-electron chi connectivity index (χ0n) is 9.73. The maximum atomic E-state index is 10.4. The van der Waals surface area contributed by atoms with Gasteiger partial charge in [0.1, 0.15) is 0 Å². The Labute approximate surface area is 93.3 Å². The summed E-state index contributed by atoms with van der Waals surface area (Å²) in [6, 6.07) is 0. The summed E-state index contributed by atoms with van der Waals surface area (Å²) in [5, 5.41) is 10.4. The van der Waals surface area contributed by atoms with Crippen LogP contribution in [0, 0.1) is 10.8 Å². The summed E-state index contributed by atoms with van der Waals surface area (Å²) in [6.45, 7) is 10.3. The van der Waals surface area contributed by atoms with Gasteiger partial charge in [0.2, 0.25) is 0 Å². The van der Waals surface area contributed by atoms with Crippen LogP contribution < -0.4 is 24.0 Å². The predicted octanol–water partition coefficient (Wildman–Crippen LogP) is -1.41. The maximum Gasteiger partial charge on any atom is 1.00 e. The number of carboxylic acids is 1. The van der Waals surface area contributed by atoms with E-state index in [-0.39, 0.29) is 36.1 Å². The molecule has 0 unspecified atom stereocenters. The van der Waals surface area contributed by atoms with Crippen molar-refractivity contribution in [2.75, 3.05) is 0 Å². The van der Waals surface area contributed by atoms with Crippen molar-refractivity contribution in [3.8, 4) is 0 Å². The van der Waals surface area contributed by atoms with Crippen LogP contribution in [0.15, 0.2) is 0 Å². The molecule has 0 saturated carbocycles. The maximum absolute atomic E-state index is 10.4. The quantitative estimate of drug-likeness (QED) is 0.498. The first kappa shape index (κ1) is 15.5. The zero-order valence-corrected chi connectivity index (χ0v) is 9.73. The minimum atomic E-state index is -0.954. The summed E-state index contributed by atoms with van der Waals surface area (Å²) in [6.07, 6.45) is 1.04. The predicted molar refractivity (Wildman–Crippen MR) is 47.5 cm³/mol. The fourth-order valence-electron chi connectivity index (χ4n) is 1.89. The molecule has 0 spiro atoms. The second-order valence-corrected chi connectivity index (χ2v) is 5.45. The Morgan fingerprint density at radius 2 is 1.54 bits per heavy atom. The molecule has 0 saturated heterocycles. The van der Waals surface area contributed by atoms with Crippen LogP contribution in [-0.2, 0) is 4.79 Å². The standard InChI is InChI=1S/C10H20O2.Li/c1-9(2,3)7-10(4,5)6-8(11)12;/h6-7H2,1-5H3,(H,11,12);/q;+1/p-1. The monoisotopic (exact) mass is 178 g/mol. The molecule has 0 bridgehead atoms. The average molecular weight is 178 g/mol. The van der Waals surface area contributed by atoms with Crippen LogP contribution >= 0.6 is 0 Å². The molecule has 0 N–H and O–H groups in total.